The lowest BCUT2D eigenvalue weighted by atomic mass is 9.97. The zero-order valence-electron chi connectivity index (χ0n) is 16.6. The highest BCUT2D eigenvalue weighted by Crippen LogP contribution is 2.31. The van der Waals surface area contributed by atoms with Gasteiger partial charge in [0.15, 0.2) is 5.82 Å². The van der Waals surface area contributed by atoms with Gasteiger partial charge in [0, 0.05) is 37.6 Å². The predicted molar refractivity (Wildman–Crippen MR) is 116 cm³/mol. The standard InChI is InChI=1S/C22H26ClN5O/c1-2-3-10-25-22(29)16-7-6-12-27(15-16)21-20-14-19(26-28(20)13-11-24-21)17-8-4-5-9-18(17)23/h4-5,8-9,11,13-14,16H,2-3,6-7,10,12,15H2,1H3,(H,25,29)/t16-/m0/s1. The number of aromatic nitrogens is 3. The molecule has 6 nitrogen and oxygen atoms in total. The highest BCUT2D eigenvalue weighted by Gasteiger charge is 2.27. The van der Waals surface area contributed by atoms with E-state index in [9.17, 15) is 4.79 Å². The van der Waals surface area contributed by atoms with Crippen molar-refractivity contribution >= 4 is 28.8 Å². The summed E-state index contributed by atoms with van der Waals surface area (Å²) < 4.78 is 1.84. The zero-order chi connectivity index (χ0) is 20.2. The molecule has 1 amide bonds. The maximum Gasteiger partial charge on any atom is 0.224 e. The lowest BCUT2D eigenvalue weighted by Gasteiger charge is -2.33. The van der Waals surface area contributed by atoms with Crippen LogP contribution in [-0.4, -0.2) is 40.1 Å². The van der Waals surface area contributed by atoms with Crippen LogP contribution in [0.1, 0.15) is 32.6 Å². The predicted octanol–water partition coefficient (Wildman–Crippen LogP) is 4.18. The van der Waals surface area contributed by atoms with E-state index in [1.54, 1.807) is 6.20 Å². The molecule has 0 radical (unpaired) electrons. The van der Waals surface area contributed by atoms with Crippen molar-refractivity contribution in [1.29, 1.82) is 0 Å². The van der Waals surface area contributed by atoms with E-state index >= 15 is 0 Å². The first-order valence-electron chi connectivity index (χ1n) is 10.3. The lowest BCUT2D eigenvalue weighted by molar-refractivity contribution is -0.125. The summed E-state index contributed by atoms with van der Waals surface area (Å²) in [5.41, 5.74) is 2.64. The third kappa shape index (κ3) is 4.22. The molecule has 0 spiro atoms. The number of anilines is 1. The highest BCUT2D eigenvalue weighted by atomic mass is 35.5. The molecular formula is C22H26ClN5O. The number of amides is 1. The molecular weight excluding hydrogens is 386 g/mol. The van der Waals surface area contributed by atoms with Gasteiger partial charge in [-0.05, 0) is 31.4 Å². The van der Waals surface area contributed by atoms with Crippen LogP contribution in [0.25, 0.3) is 16.8 Å². The van der Waals surface area contributed by atoms with Gasteiger partial charge < -0.3 is 10.2 Å². The maximum absolute atomic E-state index is 12.5. The molecule has 1 aliphatic rings. The summed E-state index contributed by atoms with van der Waals surface area (Å²) in [6.07, 6.45) is 7.60. The summed E-state index contributed by atoms with van der Waals surface area (Å²) in [4.78, 5) is 19.4. The second kappa shape index (κ2) is 8.82. The number of nitrogens with one attached hydrogen (secondary N) is 1. The van der Waals surface area contributed by atoms with E-state index in [2.05, 4.69) is 27.2 Å². The number of benzene rings is 1. The van der Waals surface area contributed by atoms with E-state index in [1.807, 2.05) is 41.0 Å². The zero-order valence-corrected chi connectivity index (χ0v) is 17.4. The molecule has 0 aliphatic carbocycles. The number of halogens is 1. The number of nitrogens with zero attached hydrogens (tertiary/aromatic N) is 4. The molecule has 0 saturated carbocycles. The Labute approximate surface area is 175 Å². The van der Waals surface area contributed by atoms with Crippen LogP contribution in [0.2, 0.25) is 5.02 Å². The van der Waals surface area contributed by atoms with Gasteiger partial charge >= 0.3 is 0 Å². The molecule has 152 valence electrons. The summed E-state index contributed by atoms with van der Waals surface area (Å²) in [7, 11) is 0. The summed E-state index contributed by atoms with van der Waals surface area (Å²) in [5.74, 6) is 1.01. The molecule has 0 unspecified atom stereocenters. The fourth-order valence-corrected chi connectivity index (χ4v) is 4.10. The van der Waals surface area contributed by atoms with Crippen LogP contribution in [0.15, 0.2) is 42.7 Å². The van der Waals surface area contributed by atoms with E-state index in [0.717, 1.165) is 61.4 Å². The van der Waals surface area contributed by atoms with Gasteiger partial charge in [-0.15, -0.1) is 0 Å². The number of carbonyl (C=O) groups excluding carboxylic acids is 1. The molecule has 4 rings (SSSR count). The summed E-state index contributed by atoms with van der Waals surface area (Å²) in [6, 6.07) is 9.72. The van der Waals surface area contributed by atoms with Crippen molar-refractivity contribution in [2.75, 3.05) is 24.5 Å². The third-order valence-corrected chi connectivity index (χ3v) is 5.77. The monoisotopic (exact) mass is 411 g/mol. The van der Waals surface area contributed by atoms with Crippen LogP contribution in [0.5, 0.6) is 0 Å². The molecule has 1 aliphatic heterocycles. The number of hydrogen-bond acceptors (Lipinski definition) is 4. The van der Waals surface area contributed by atoms with Gasteiger partial charge in [0.25, 0.3) is 0 Å². The molecule has 0 bridgehead atoms. The topological polar surface area (TPSA) is 62.5 Å². The van der Waals surface area contributed by atoms with Crippen LogP contribution < -0.4 is 10.2 Å². The molecule has 1 N–H and O–H groups in total. The van der Waals surface area contributed by atoms with Crippen LogP contribution >= 0.6 is 11.6 Å². The van der Waals surface area contributed by atoms with Crippen molar-refractivity contribution < 1.29 is 4.79 Å². The van der Waals surface area contributed by atoms with E-state index < -0.39 is 0 Å². The van der Waals surface area contributed by atoms with Gasteiger partial charge in [-0.2, -0.15) is 5.10 Å². The molecule has 1 fully saturated rings. The number of rotatable bonds is 6. The average molecular weight is 412 g/mol. The molecule has 7 heteroatoms. The Morgan fingerprint density at radius 2 is 2.21 bits per heavy atom. The van der Waals surface area contributed by atoms with Gasteiger partial charge in [-0.3, -0.25) is 4.79 Å². The molecule has 3 heterocycles. The Balaban J connectivity index is 1.59. The number of piperidine rings is 1. The van der Waals surface area contributed by atoms with Crippen molar-refractivity contribution in [1.82, 2.24) is 19.9 Å². The molecule has 2 aromatic heterocycles. The Morgan fingerprint density at radius 3 is 3.03 bits per heavy atom. The fourth-order valence-electron chi connectivity index (χ4n) is 3.87. The van der Waals surface area contributed by atoms with Gasteiger partial charge in [0.05, 0.1) is 16.6 Å². The van der Waals surface area contributed by atoms with Crippen LogP contribution in [-0.2, 0) is 4.79 Å². The third-order valence-electron chi connectivity index (χ3n) is 5.44. The van der Waals surface area contributed by atoms with Crippen molar-refractivity contribution in [3.63, 3.8) is 0 Å². The van der Waals surface area contributed by atoms with E-state index in [-0.39, 0.29) is 11.8 Å². The van der Waals surface area contributed by atoms with Crippen LogP contribution in [0, 0.1) is 5.92 Å². The lowest BCUT2D eigenvalue weighted by Crippen LogP contribution is -2.43. The molecule has 1 atom stereocenters. The fraction of sp³-hybridized carbons (Fsp3) is 0.409. The van der Waals surface area contributed by atoms with Crippen molar-refractivity contribution in [2.24, 2.45) is 5.92 Å². The van der Waals surface area contributed by atoms with Crippen molar-refractivity contribution in [2.45, 2.75) is 32.6 Å². The van der Waals surface area contributed by atoms with E-state index in [4.69, 9.17) is 11.6 Å². The quantitative estimate of drug-likeness (QED) is 0.618. The molecule has 29 heavy (non-hydrogen) atoms. The molecule has 1 aromatic carbocycles. The largest absolute Gasteiger partial charge is 0.356 e. The minimum absolute atomic E-state index is 0.00591. The average Bonchev–Trinajstić information content (AvgIpc) is 3.18. The second-order valence-electron chi connectivity index (χ2n) is 7.52. The Hall–Kier alpha value is -2.60. The Bertz CT molecular complexity index is 1000. The molecule has 3 aromatic rings. The summed E-state index contributed by atoms with van der Waals surface area (Å²) >= 11 is 6.36. The normalized spacial score (nSPS) is 16.9. The first-order valence-corrected chi connectivity index (χ1v) is 10.7. The number of fused-ring (bicyclic) bond motifs is 1. The SMILES string of the molecule is CCCCNC(=O)[C@H]1CCCN(c2nccn3nc(-c4ccccc4Cl)cc23)C1. The number of unbranched alkanes of at least 4 members (excludes halogenated alkanes) is 1. The smallest absolute Gasteiger partial charge is 0.224 e. The molecule has 1 saturated heterocycles. The number of hydrogen-bond donors (Lipinski definition) is 1. The number of carbonyl (C=O) groups is 1. The van der Waals surface area contributed by atoms with Crippen LogP contribution in [0.3, 0.4) is 0 Å². The Morgan fingerprint density at radius 1 is 1.34 bits per heavy atom. The van der Waals surface area contributed by atoms with Crippen molar-refractivity contribution in [3.8, 4) is 11.3 Å². The van der Waals surface area contributed by atoms with Gasteiger partial charge in [0.1, 0.15) is 5.52 Å². The van der Waals surface area contributed by atoms with Gasteiger partial charge in [-0.1, -0.05) is 43.1 Å². The summed E-state index contributed by atoms with van der Waals surface area (Å²) in [6.45, 7) is 4.45. The Kier molecular flexibility index (Phi) is 6.00. The van der Waals surface area contributed by atoms with E-state index in [1.165, 1.54) is 0 Å². The minimum atomic E-state index is -0.00591. The van der Waals surface area contributed by atoms with Gasteiger partial charge in [-0.25, -0.2) is 9.50 Å². The van der Waals surface area contributed by atoms with Crippen LogP contribution in [0.4, 0.5) is 5.82 Å². The maximum atomic E-state index is 12.5. The highest BCUT2D eigenvalue weighted by molar-refractivity contribution is 6.33. The second-order valence-corrected chi connectivity index (χ2v) is 7.93. The minimum Gasteiger partial charge on any atom is -0.356 e. The van der Waals surface area contributed by atoms with E-state index in [0.29, 0.717) is 11.6 Å². The van der Waals surface area contributed by atoms with Crippen molar-refractivity contribution in [3.05, 3.63) is 47.7 Å². The van der Waals surface area contributed by atoms with Gasteiger partial charge in [0.2, 0.25) is 5.91 Å². The first kappa shape index (κ1) is 19.7. The first-order chi connectivity index (χ1) is 14.2. The summed E-state index contributed by atoms with van der Waals surface area (Å²) in [5, 5.41) is 8.44.